The molecule has 2 aliphatic rings. The summed E-state index contributed by atoms with van der Waals surface area (Å²) in [5.41, 5.74) is 1.44. The van der Waals surface area contributed by atoms with E-state index >= 15 is 0 Å². The number of hydrogen-bond donors (Lipinski definition) is 1. The van der Waals surface area contributed by atoms with Crippen molar-refractivity contribution in [3.8, 4) is 0 Å². The number of nitrogens with zero attached hydrogens (tertiary/aromatic N) is 3. The second-order valence-corrected chi connectivity index (χ2v) is 7.18. The highest BCUT2D eigenvalue weighted by atomic mass is 16.2. The second-order valence-electron chi connectivity index (χ2n) is 7.18. The third-order valence-electron chi connectivity index (χ3n) is 5.54. The van der Waals surface area contributed by atoms with Gasteiger partial charge in [0, 0.05) is 37.4 Å². The largest absolute Gasteiger partial charge is 0.337 e. The summed E-state index contributed by atoms with van der Waals surface area (Å²) in [5, 5.41) is 3.21. The highest BCUT2D eigenvalue weighted by Crippen LogP contribution is 2.44. The molecule has 0 bridgehead atoms. The van der Waals surface area contributed by atoms with Crippen LogP contribution in [-0.2, 0) is 0 Å². The summed E-state index contributed by atoms with van der Waals surface area (Å²) in [6, 6.07) is 2.07. The van der Waals surface area contributed by atoms with Gasteiger partial charge in [0.2, 0.25) is 0 Å². The Hall–Kier alpha value is -1.65. The minimum absolute atomic E-state index is 0.103. The second kappa shape index (κ2) is 7.28. The number of hydrogen-bond acceptors (Lipinski definition) is 3. The SMILES string of the molecule is CCCC1(CNC(=O)N2CCCC(c3ccncn3)C2)CCC1. The maximum absolute atomic E-state index is 12.5. The summed E-state index contributed by atoms with van der Waals surface area (Å²) >= 11 is 0. The lowest BCUT2D eigenvalue weighted by Crippen LogP contribution is -2.49. The maximum atomic E-state index is 12.5. The molecule has 0 radical (unpaired) electrons. The van der Waals surface area contributed by atoms with Crippen molar-refractivity contribution in [1.29, 1.82) is 0 Å². The van der Waals surface area contributed by atoms with Crippen LogP contribution in [0.1, 0.15) is 63.5 Å². The maximum Gasteiger partial charge on any atom is 0.317 e. The Morgan fingerprint density at radius 1 is 1.43 bits per heavy atom. The van der Waals surface area contributed by atoms with Crippen molar-refractivity contribution < 1.29 is 4.79 Å². The van der Waals surface area contributed by atoms with Gasteiger partial charge in [-0.15, -0.1) is 0 Å². The van der Waals surface area contributed by atoms with Gasteiger partial charge >= 0.3 is 6.03 Å². The molecule has 2 fully saturated rings. The number of amides is 2. The summed E-state index contributed by atoms with van der Waals surface area (Å²) in [4.78, 5) is 22.9. The number of aromatic nitrogens is 2. The topological polar surface area (TPSA) is 58.1 Å². The van der Waals surface area contributed by atoms with Crippen LogP contribution in [0, 0.1) is 5.41 Å². The van der Waals surface area contributed by atoms with Crippen LogP contribution in [0.2, 0.25) is 0 Å². The van der Waals surface area contributed by atoms with Crippen molar-refractivity contribution in [3.05, 3.63) is 24.3 Å². The van der Waals surface area contributed by atoms with Gasteiger partial charge in [-0.1, -0.05) is 19.8 Å². The highest BCUT2D eigenvalue weighted by molar-refractivity contribution is 5.74. The number of piperidine rings is 1. The molecule has 126 valence electrons. The van der Waals surface area contributed by atoms with Crippen LogP contribution in [0.25, 0.3) is 0 Å². The molecule has 1 saturated carbocycles. The zero-order valence-electron chi connectivity index (χ0n) is 14.1. The van der Waals surface area contributed by atoms with Gasteiger partial charge in [-0.2, -0.15) is 0 Å². The van der Waals surface area contributed by atoms with Gasteiger partial charge in [-0.3, -0.25) is 0 Å². The third-order valence-corrected chi connectivity index (χ3v) is 5.54. The van der Waals surface area contributed by atoms with Crippen LogP contribution in [0.4, 0.5) is 4.79 Å². The first-order chi connectivity index (χ1) is 11.2. The molecule has 5 heteroatoms. The molecule has 0 aromatic carbocycles. The fraction of sp³-hybridized carbons (Fsp3) is 0.722. The van der Waals surface area contributed by atoms with E-state index in [0.29, 0.717) is 11.3 Å². The number of carbonyl (C=O) groups excluding carboxylic acids is 1. The number of rotatable bonds is 5. The van der Waals surface area contributed by atoms with Crippen molar-refractivity contribution in [1.82, 2.24) is 20.2 Å². The van der Waals surface area contributed by atoms with E-state index in [2.05, 4.69) is 22.2 Å². The first-order valence-corrected chi connectivity index (χ1v) is 9.01. The fourth-order valence-electron chi connectivity index (χ4n) is 4.04. The van der Waals surface area contributed by atoms with E-state index < -0.39 is 0 Å². The Morgan fingerprint density at radius 3 is 2.96 bits per heavy atom. The van der Waals surface area contributed by atoms with Gasteiger partial charge in [0.15, 0.2) is 0 Å². The first-order valence-electron chi connectivity index (χ1n) is 9.01. The summed E-state index contributed by atoms with van der Waals surface area (Å²) in [7, 11) is 0. The molecule has 2 heterocycles. The summed E-state index contributed by atoms with van der Waals surface area (Å²) in [6.07, 6.45) is 11.8. The van der Waals surface area contributed by atoms with Crippen LogP contribution < -0.4 is 5.32 Å². The predicted octanol–water partition coefficient (Wildman–Crippen LogP) is 3.34. The zero-order chi connectivity index (χ0) is 16.1. The molecule has 1 aromatic rings. The van der Waals surface area contributed by atoms with Crippen molar-refractivity contribution in [3.63, 3.8) is 0 Å². The Morgan fingerprint density at radius 2 is 2.30 bits per heavy atom. The normalized spacial score (nSPS) is 23.2. The van der Waals surface area contributed by atoms with Crippen molar-refractivity contribution in [2.75, 3.05) is 19.6 Å². The number of carbonyl (C=O) groups is 1. The Balaban J connectivity index is 1.53. The predicted molar refractivity (Wildman–Crippen MR) is 90.2 cm³/mol. The van der Waals surface area contributed by atoms with E-state index in [1.54, 1.807) is 12.5 Å². The minimum Gasteiger partial charge on any atom is -0.337 e. The quantitative estimate of drug-likeness (QED) is 0.906. The van der Waals surface area contributed by atoms with Gasteiger partial charge in [0.1, 0.15) is 6.33 Å². The molecule has 5 nitrogen and oxygen atoms in total. The van der Waals surface area contributed by atoms with Crippen molar-refractivity contribution in [2.45, 2.75) is 57.8 Å². The van der Waals surface area contributed by atoms with Gasteiger partial charge in [-0.05, 0) is 43.6 Å². The summed E-state index contributed by atoms with van der Waals surface area (Å²) < 4.78 is 0. The lowest BCUT2D eigenvalue weighted by Gasteiger charge is -2.43. The van der Waals surface area contributed by atoms with E-state index in [1.807, 2.05) is 11.0 Å². The van der Waals surface area contributed by atoms with Gasteiger partial charge in [0.25, 0.3) is 0 Å². The Kier molecular flexibility index (Phi) is 5.13. The van der Waals surface area contributed by atoms with E-state index in [4.69, 9.17) is 0 Å². The molecule has 23 heavy (non-hydrogen) atoms. The Labute approximate surface area is 138 Å². The molecule has 1 unspecified atom stereocenters. The first kappa shape index (κ1) is 16.2. The van der Waals surface area contributed by atoms with Crippen LogP contribution in [0.5, 0.6) is 0 Å². The van der Waals surface area contributed by atoms with Gasteiger partial charge in [-0.25, -0.2) is 14.8 Å². The average molecular weight is 316 g/mol. The number of urea groups is 1. The Bertz CT molecular complexity index is 515. The molecule has 1 aromatic heterocycles. The van der Waals surface area contributed by atoms with Crippen LogP contribution in [0.15, 0.2) is 18.6 Å². The molecule has 1 atom stereocenters. The molecular formula is C18H28N4O. The third kappa shape index (κ3) is 3.82. The highest BCUT2D eigenvalue weighted by Gasteiger charge is 2.36. The van der Waals surface area contributed by atoms with Crippen LogP contribution in [0.3, 0.4) is 0 Å². The average Bonchev–Trinajstić information content (AvgIpc) is 2.58. The molecule has 0 spiro atoms. The van der Waals surface area contributed by atoms with E-state index in [1.165, 1.54) is 32.1 Å². The smallest absolute Gasteiger partial charge is 0.317 e. The standard InChI is InChI=1S/C18H28N4O/c1-2-7-18(8-4-9-18)13-20-17(23)22-11-3-5-15(12-22)16-6-10-19-14-21-16/h6,10,14-15H,2-5,7-9,11-13H2,1H3,(H,20,23). The number of likely N-dealkylation sites (tertiary alicyclic amines) is 1. The van der Waals surface area contributed by atoms with Gasteiger partial charge in [0.05, 0.1) is 0 Å². The fourth-order valence-corrected chi connectivity index (χ4v) is 4.04. The molecule has 1 N–H and O–H groups in total. The summed E-state index contributed by atoms with van der Waals surface area (Å²) in [6.45, 7) is 4.70. The lowest BCUT2D eigenvalue weighted by molar-refractivity contribution is 0.111. The van der Waals surface area contributed by atoms with Crippen LogP contribution in [-0.4, -0.2) is 40.5 Å². The monoisotopic (exact) mass is 316 g/mol. The molecule has 2 amide bonds. The van der Waals surface area contributed by atoms with E-state index in [0.717, 1.165) is 38.2 Å². The minimum atomic E-state index is 0.103. The molecular weight excluding hydrogens is 288 g/mol. The zero-order valence-corrected chi connectivity index (χ0v) is 14.1. The summed E-state index contributed by atoms with van der Waals surface area (Å²) in [5.74, 6) is 0.339. The molecule has 3 rings (SSSR count). The van der Waals surface area contributed by atoms with Crippen LogP contribution >= 0.6 is 0 Å². The molecule has 1 aliphatic heterocycles. The molecule has 1 aliphatic carbocycles. The number of nitrogens with one attached hydrogen (secondary N) is 1. The van der Waals surface area contributed by atoms with E-state index in [-0.39, 0.29) is 6.03 Å². The lowest BCUT2D eigenvalue weighted by atomic mass is 9.66. The van der Waals surface area contributed by atoms with Crippen molar-refractivity contribution in [2.24, 2.45) is 5.41 Å². The van der Waals surface area contributed by atoms with E-state index in [9.17, 15) is 4.79 Å². The van der Waals surface area contributed by atoms with Crippen molar-refractivity contribution >= 4 is 6.03 Å². The molecule has 1 saturated heterocycles. The van der Waals surface area contributed by atoms with Gasteiger partial charge < -0.3 is 10.2 Å².